The zero-order valence-electron chi connectivity index (χ0n) is 14.9. The van der Waals surface area contributed by atoms with Crippen molar-refractivity contribution >= 4 is 44.8 Å². The number of hydrogen-bond acceptors (Lipinski definition) is 4. The smallest absolute Gasteiger partial charge is 0.274 e. The first-order valence-electron chi connectivity index (χ1n) is 8.39. The maximum absolute atomic E-state index is 12.5. The summed E-state index contributed by atoms with van der Waals surface area (Å²) in [5.74, 6) is -0.503. The Morgan fingerprint density at radius 1 is 0.897 bits per heavy atom. The van der Waals surface area contributed by atoms with Gasteiger partial charge in [-0.15, -0.1) is 0 Å². The van der Waals surface area contributed by atoms with E-state index in [1.54, 1.807) is 6.07 Å². The van der Waals surface area contributed by atoms with E-state index in [9.17, 15) is 13.2 Å². The van der Waals surface area contributed by atoms with E-state index < -0.39 is 15.9 Å². The molecular weight excluding hydrogens is 435 g/mol. The van der Waals surface area contributed by atoms with Gasteiger partial charge in [-0.3, -0.25) is 14.4 Å². The highest BCUT2D eigenvalue weighted by molar-refractivity contribution is 7.92. The molecule has 0 saturated heterocycles. The van der Waals surface area contributed by atoms with Gasteiger partial charge in [0.1, 0.15) is 0 Å². The summed E-state index contributed by atoms with van der Waals surface area (Å²) in [6, 6.07) is 19.3. The van der Waals surface area contributed by atoms with Gasteiger partial charge in [0.2, 0.25) is 0 Å². The lowest BCUT2D eigenvalue weighted by molar-refractivity contribution is 0.0233. The Morgan fingerprint density at radius 3 is 2.38 bits per heavy atom. The van der Waals surface area contributed by atoms with E-state index in [0.29, 0.717) is 0 Å². The van der Waals surface area contributed by atoms with Crippen molar-refractivity contribution in [1.29, 1.82) is 0 Å². The average Bonchev–Trinajstić information content (AvgIpc) is 2.70. The molecule has 0 heterocycles. The van der Waals surface area contributed by atoms with Gasteiger partial charge in [-0.05, 0) is 42.0 Å². The highest BCUT2D eigenvalue weighted by Gasteiger charge is 2.16. The summed E-state index contributed by atoms with van der Waals surface area (Å²) >= 11 is 11.7. The zero-order valence-corrected chi connectivity index (χ0v) is 17.3. The van der Waals surface area contributed by atoms with Crippen molar-refractivity contribution < 1.29 is 18.0 Å². The predicted molar refractivity (Wildman–Crippen MR) is 112 cm³/mol. The lowest BCUT2D eigenvalue weighted by Gasteiger charge is -2.11. The van der Waals surface area contributed by atoms with Crippen molar-refractivity contribution in [1.82, 2.24) is 5.48 Å². The van der Waals surface area contributed by atoms with Crippen LogP contribution in [-0.4, -0.2) is 14.3 Å². The molecular formula is C20H16Cl2N2O4S. The second-order valence-electron chi connectivity index (χ2n) is 5.97. The Morgan fingerprint density at radius 2 is 1.66 bits per heavy atom. The summed E-state index contributed by atoms with van der Waals surface area (Å²) in [6.07, 6.45) is 0. The summed E-state index contributed by atoms with van der Waals surface area (Å²) in [7, 11) is -3.90. The van der Waals surface area contributed by atoms with Gasteiger partial charge in [0.15, 0.2) is 0 Å². The Kier molecular flexibility index (Phi) is 6.76. The van der Waals surface area contributed by atoms with Crippen molar-refractivity contribution in [2.24, 2.45) is 0 Å². The Labute approximate surface area is 178 Å². The molecule has 2 N–H and O–H groups in total. The molecule has 0 aliphatic rings. The SMILES string of the molecule is O=C(NOCc1ccccc1)c1cccc(NS(=O)(=O)c2ccc(Cl)c(Cl)c2)c1. The minimum Gasteiger partial charge on any atom is -0.280 e. The van der Waals surface area contributed by atoms with E-state index in [0.717, 1.165) is 5.56 Å². The molecule has 1 amide bonds. The van der Waals surface area contributed by atoms with Crippen molar-refractivity contribution in [3.8, 4) is 0 Å². The van der Waals surface area contributed by atoms with Crippen LogP contribution < -0.4 is 10.2 Å². The monoisotopic (exact) mass is 450 g/mol. The lowest BCUT2D eigenvalue weighted by atomic mass is 10.2. The molecule has 0 aliphatic heterocycles. The molecule has 0 bridgehead atoms. The number of carbonyl (C=O) groups excluding carboxylic acids is 1. The fourth-order valence-corrected chi connectivity index (χ4v) is 3.84. The normalized spacial score (nSPS) is 11.1. The van der Waals surface area contributed by atoms with E-state index in [-0.39, 0.29) is 32.8 Å². The molecule has 0 aliphatic carbocycles. The fourth-order valence-electron chi connectivity index (χ4n) is 2.40. The third-order valence-corrected chi connectivity index (χ3v) is 5.94. The number of carbonyl (C=O) groups is 1. The first-order chi connectivity index (χ1) is 13.8. The highest BCUT2D eigenvalue weighted by atomic mass is 35.5. The van der Waals surface area contributed by atoms with Crippen LogP contribution in [0.25, 0.3) is 0 Å². The standard InChI is InChI=1S/C20H16Cl2N2O4S/c21-18-10-9-17(12-19(18)22)29(26,27)24-16-8-4-7-15(11-16)20(25)23-28-13-14-5-2-1-3-6-14/h1-12,24H,13H2,(H,23,25). The Bertz CT molecular complexity index is 1120. The van der Waals surface area contributed by atoms with Gasteiger partial charge in [0.25, 0.3) is 15.9 Å². The number of anilines is 1. The van der Waals surface area contributed by atoms with Gasteiger partial charge in [-0.25, -0.2) is 13.9 Å². The van der Waals surface area contributed by atoms with E-state index >= 15 is 0 Å². The van der Waals surface area contributed by atoms with Gasteiger partial charge >= 0.3 is 0 Å². The second-order valence-corrected chi connectivity index (χ2v) is 8.46. The Hall–Kier alpha value is -2.58. The maximum atomic E-state index is 12.5. The molecule has 0 fully saturated rings. The van der Waals surface area contributed by atoms with Crippen molar-refractivity contribution in [3.05, 3.63) is 94.0 Å². The second kappa shape index (κ2) is 9.28. The van der Waals surface area contributed by atoms with Crippen LogP contribution in [0.15, 0.2) is 77.7 Å². The topological polar surface area (TPSA) is 84.5 Å². The first kappa shape index (κ1) is 21.1. The molecule has 0 saturated carbocycles. The third kappa shape index (κ3) is 5.71. The number of sulfonamides is 1. The summed E-state index contributed by atoms with van der Waals surface area (Å²) < 4.78 is 27.5. The molecule has 29 heavy (non-hydrogen) atoms. The summed E-state index contributed by atoms with van der Waals surface area (Å²) in [5.41, 5.74) is 3.68. The van der Waals surface area contributed by atoms with Crippen LogP contribution in [0.1, 0.15) is 15.9 Å². The van der Waals surface area contributed by atoms with E-state index in [1.165, 1.54) is 36.4 Å². The lowest BCUT2D eigenvalue weighted by Crippen LogP contribution is -2.23. The summed E-state index contributed by atoms with van der Waals surface area (Å²) in [6.45, 7) is 0.205. The number of rotatable bonds is 7. The number of nitrogens with one attached hydrogen (secondary N) is 2. The van der Waals surface area contributed by atoms with Crippen molar-refractivity contribution in [3.63, 3.8) is 0 Å². The minimum atomic E-state index is -3.90. The molecule has 0 unspecified atom stereocenters. The van der Waals surface area contributed by atoms with Crippen LogP contribution in [0.4, 0.5) is 5.69 Å². The van der Waals surface area contributed by atoms with Crippen molar-refractivity contribution in [2.75, 3.05) is 4.72 Å². The third-order valence-electron chi connectivity index (χ3n) is 3.82. The fraction of sp³-hybridized carbons (Fsp3) is 0.0500. The molecule has 3 aromatic carbocycles. The van der Waals surface area contributed by atoms with Crippen LogP contribution >= 0.6 is 23.2 Å². The maximum Gasteiger partial charge on any atom is 0.274 e. The van der Waals surface area contributed by atoms with Crippen LogP contribution in [0.2, 0.25) is 10.0 Å². The first-order valence-corrected chi connectivity index (χ1v) is 10.6. The minimum absolute atomic E-state index is 0.0482. The molecule has 9 heteroatoms. The molecule has 150 valence electrons. The van der Waals surface area contributed by atoms with Crippen LogP contribution in [-0.2, 0) is 21.5 Å². The Balaban J connectivity index is 1.66. The number of halogens is 2. The van der Waals surface area contributed by atoms with Crippen LogP contribution in [0, 0.1) is 0 Å². The van der Waals surface area contributed by atoms with Gasteiger partial charge in [-0.1, -0.05) is 59.6 Å². The summed E-state index contributed by atoms with van der Waals surface area (Å²) in [4.78, 5) is 17.4. The number of benzene rings is 3. The van der Waals surface area contributed by atoms with Gasteiger partial charge in [0, 0.05) is 11.3 Å². The largest absolute Gasteiger partial charge is 0.280 e. The molecule has 6 nitrogen and oxygen atoms in total. The van der Waals surface area contributed by atoms with Gasteiger partial charge in [-0.2, -0.15) is 0 Å². The molecule has 0 spiro atoms. The molecule has 0 radical (unpaired) electrons. The quantitative estimate of drug-likeness (QED) is 0.512. The van der Waals surface area contributed by atoms with Crippen LogP contribution in [0.3, 0.4) is 0 Å². The molecule has 0 aromatic heterocycles. The van der Waals surface area contributed by atoms with E-state index in [1.807, 2.05) is 30.3 Å². The average molecular weight is 451 g/mol. The summed E-state index contributed by atoms with van der Waals surface area (Å²) in [5, 5.41) is 0.373. The molecule has 0 atom stereocenters. The molecule has 3 rings (SSSR count). The highest BCUT2D eigenvalue weighted by Crippen LogP contribution is 2.26. The number of hydrogen-bond donors (Lipinski definition) is 2. The molecule has 3 aromatic rings. The van der Waals surface area contributed by atoms with Gasteiger partial charge in [0.05, 0.1) is 21.5 Å². The van der Waals surface area contributed by atoms with E-state index in [2.05, 4.69) is 10.2 Å². The number of amides is 1. The zero-order chi connectivity index (χ0) is 20.9. The van der Waals surface area contributed by atoms with Crippen LogP contribution in [0.5, 0.6) is 0 Å². The number of hydroxylamine groups is 1. The van der Waals surface area contributed by atoms with Gasteiger partial charge < -0.3 is 0 Å². The van der Waals surface area contributed by atoms with E-state index in [4.69, 9.17) is 28.0 Å². The van der Waals surface area contributed by atoms with Crippen molar-refractivity contribution in [2.45, 2.75) is 11.5 Å². The predicted octanol–water partition coefficient (Wildman–Crippen LogP) is 4.66.